The Bertz CT molecular complexity index is 819. The first-order valence-electron chi connectivity index (χ1n) is 6.64. The number of nitrogens with one attached hydrogen (secondary N) is 1. The SMILES string of the molecule is CC(=O)Nc1cccc2ccn(C(=O)c3ccccc3)c12. The summed E-state index contributed by atoms with van der Waals surface area (Å²) in [5, 5.41) is 3.68. The van der Waals surface area contributed by atoms with Gasteiger partial charge in [-0.15, -0.1) is 0 Å². The van der Waals surface area contributed by atoms with Gasteiger partial charge in [-0.25, -0.2) is 0 Å². The highest BCUT2D eigenvalue weighted by atomic mass is 16.2. The van der Waals surface area contributed by atoms with Crippen molar-refractivity contribution in [3.63, 3.8) is 0 Å². The van der Waals surface area contributed by atoms with Crippen molar-refractivity contribution in [2.75, 3.05) is 5.32 Å². The van der Waals surface area contributed by atoms with E-state index in [1.165, 1.54) is 6.92 Å². The number of rotatable bonds is 2. The van der Waals surface area contributed by atoms with Gasteiger partial charge in [0.25, 0.3) is 5.91 Å². The first-order valence-corrected chi connectivity index (χ1v) is 6.64. The third-order valence-electron chi connectivity index (χ3n) is 3.26. The molecule has 1 heterocycles. The van der Waals surface area contributed by atoms with Gasteiger partial charge in [-0.05, 0) is 24.3 Å². The maximum absolute atomic E-state index is 12.6. The summed E-state index contributed by atoms with van der Waals surface area (Å²) in [4.78, 5) is 23.9. The number of para-hydroxylation sites is 1. The average Bonchev–Trinajstić information content (AvgIpc) is 2.92. The number of fused-ring (bicyclic) bond motifs is 1. The van der Waals surface area contributed by atoms with Crippen LogP contribution in [0.2, 0.25) is 0 Å². The standard InChI is InChI=1S/C17H14N2O2/c1-12(20)18-15-9-5-8-13-10-11-19(16(13)15)17(21)14-6-3-2-4-7-14/h2-11H,1H3,(H,18,20). The fourth-order valence-corrected chi connectivity index (χ4v) is 2.37. The van der Waals surface area contributed by atoms with Crippen LogP contribution in [0.25, 0.3) is 10.9 Å². The van der Waals surface area contributed by atoms with Gasteiger partial charge >= 0.3 is 0 Å². The molecule has 1 N–H and O–H groups in total. The number of hydrogen-bond donors (Lipinski definition) is 1. The number of nitrogens with zero attached hydrogens (tertiary/aromatic N) is 1. The van der Waals surface area contributed by atoms with Gasteiger partial charge in [0.2, 0.25) is 5.91 Å². The monoisotopic (exact) mass is 278 g/mol. The van der Waals surface area contributed by atoms with Crippen molar-refractivity contribution in [2.45, 2.75) is 6.92 Å². The molecule has 0 aliphatic heterocycles. The minimum atomic E-state index is -0.164. The summed E-state index contributed by atoms with van der Waals surface area (Å²) >= 11 is 0. The van der Waals surface area contributed by atoms with E-state index >= 15 is 0 Å². The molecule has 0 saturated carbocycles. The van der Waals surface area contributed by atoms with Crippen molar-refractivity contribution < 1.29 is 9.59 Å². The number of hydrogen-bond acceptors (Lipinski definition) is 2. The summed E-state index contributed by atoms with van der Waals surface area (Å²) in [5.41, 5.74) is 1.95. The lowest BCUT2D eigenvalue weighted by molar-refractivity contribution is -0.114. The maximum Gasteiger partial charge on any atom is 0.262 e. The van der Waals surface area contributed by atoms with Gasteiger partial charge in [-0.2, -0.15) is 0 Å². The summed E-state index contributed by atoms with van der Waals surface area (Å²) in [6, 6.07) is 16.5. The Hall–Kier alpha value is -2.88. The van der Waals surface area contributed by atoms with E-state index in [2.05, 4.69) is 5.32 Å². The Kier molecular flexibility index (Phi) is 3.28. The summed E-state index contributed by atoms with van der Waals surface area (Å²) in [7, 11) is 0. The minimum absolute atomic E-state index is 0.122. The second kappa shape index (κ2) is 5.25. The fraction of sp³-hybridized carbons (Fsp3) is 0.0588. The van der Waals surface area contributed by atoms with E-state index < -0.39 is 0 Å². The summed E-state index contributed by atoms with van der Waals surface area (Å²) < 4.78 is 1.57. The lowest BCUT2D eigenvalue weighted by Crippen LogP contribution is -2.13. The number of carbonyl (C=O) groups excluding carboxylic acids is 2. The number of anilines is 1. The molecule has 0 bridgehead atoms. The van der Waals surface area contributed by atoms with Gasteiger partial charge in [0.05, 0.1) is 11.2 Å². The average molecular weight is 278 g/mol. The molecule has 0 unspecified atom stereocenters. The molecule has 21 heavy (non-hydrogen) atoms. The highest BCUT2D eigenvalue weighted by Crippen LogP contribution is 2.25. The van der Waals surface area contributed by atoms with E-state index in [4.69, 9.17) is 0 Å². The summed E-state index contributed by atoms with van der Waals surface area (Å²) in [6.45, 7) is 1.45. The molecule has 1 aromatic heterocycles. The zero-order valence-corrected chi connectivity index (χ0v) is 11.5. The molecule has 3 rings (SSSR count). The quantitative estimate of drug-likeness (QED) is 0.782. The third kappa shape index (κ3) is 2.43. The molecule has 104 valence electrons. The topological polar surface area (TPSA) is 51.1 Å². The molecule has 0 radical (unpaired) electrons. The van der Waals surface area contributed by atoms with E-state index in [9.17, 15) is 9.59 Å². The minimum Gasteiger partial charge on any atom is -0.324 e. The predicted molar refractivity (Wildman–Crippen MR) is 82.4 cm³/mol. The molecule has 0 aliphatic carbocycles. The summed E-state index contributed by atoms with van der Waals surface area (Å²) in [5.74, 6) is -0.286. The van der Waals surface area contributed by atoms with Crippen LogP contribution in [0.1, 0.15) is 17.3 Å². The number of carbonyl (C=O) groups is 2. The number of benzene rings is 2. The molecule has 0 atom stereocenters. The lowest BCUT2D eigenvalue weighted by Gasteiger charge is -2.09. The van der Waals surface area contributed by atoms with E-state index in [-0.39, 0.29) is 11.8 Å². The van der Waals surface area contributed by atoms with Crippen LogP contribution in [0.4, 0.5) is 5.69 Å². The first-order chi connectivity index (χ1) is 10.2. The molecule has 0 fully saturated rings. The second-order valence-corrected chi connectivity index (χ2v) is 4.78. The van der Waals surface area contributed by atoms with Crippen LogP contribution in [0.3, 0.4) is 0 Å². The molecule has 4 nitrogen and oxygen atoms in total. The third-order valence-corrected chi connectivity index (χ3v) is 3.26. The highest BCUT2D eigenvalue weighted by Gasteiger charge is 2.14. The van der Waals surface area contributed by atoms with Crippen molar-refractivity contribution in [2.24, 2.45) is 0 Å². The Morgan fingerprint density at radius 2 is 1.71 bits per heavy atom. The second-order valence-electron chi connectivity index (χ2n) is 4.78. The largest absolute Gasteiger partial charge is 0.324 e. The van der Waals surface area contributed by atoms with Crippen LogP contribution in [0.15, 0.2) is 60.8 Å². The molecule has 4 heteroatoms. The maximum atomic E-state index is 12.6. The lowest BCUT2D eigenvalue weighted by atomic mass is 10.2. The number of amides is 1. The Morgan fingerprint density at radius 1 is 0.952 bits per heavy atom. The molecule has 0 saturated heterocycles. The highest BCUT2D eigenvalue weighted by molar-refractivity contribution is 6.07. The van der Waals surface area contributed by atoms with Crippen molar-refractivity contribution in [1.29, 1.82) is 0 Å². The Balaban J connectivity index is 2.15. The van der Waals surface area contributed by atoms with Crippen LogP contribution >= 0.6 is 0 Å². The predicted octanol–water partition coefficient (Wildman–Crippen LogP) is 3.29. The Morgan fingerprint density at radius 3 is 2.43 bits per heavy atom. The molecule has 2 aromatic carbocycles. The van der Waals surface area contributed by atoms with Gasteiger partial charge in [0, 0.05) is 24.1 Å². The number of aromatic nitrogens is 1. The van der Waals surface area contributed by atoms with Crippen molar-refractivity contribution in [1.82, 2.24) is 4.57 Å². The zero-order chi connectivity index (χ0) is 14.8. The van der Waals surface area contributed by atoms with Gasteiger partial charge < -0.3 is 5.32 Å². The van der Waals surface area contributed by atoms with Crippen LogP contribution in [0, 0.1) is 0 Å². The van der Waals surface area contributed by atoms with Crippen LogP contribution < -0.4 is 5.32 Å². The molecule has 1 amide bonds. The molecular formula is C17H14N2O2. The molecular weight excluding hydrogens is 264 g/mol. The van der Waals surface area contributed by atoms with Gasteiger partial charge in [0.15, 0.2) is 0 Å². The smallest absolute Gasteiger partial charge is 0.262 e. The van der Waals surface area contributed by atoms with Crippen molar-refractivity contribution in [3.05, 3.63) is 66.4 Å². The van der Waals surface area contributed by atoms with E-state index in [1.807, 2.05) is 36.4 Å². The first kappa shape index (κ1) is 13.1. The van der Waals surface area contributed by atoms with Crippen LogP contribution in [-0.2, 0) is 4.79 Å². The zero-order valence-electron chi connectivity index (χ0n) is 11.5. The van der Waals surface area contributed by atoms with Crippen molar-refractivity contribution >= 4 is 28.4 Å². The Labute approximate surface area is 122 Å². The summed E-state index contributed by atoms with van der Waals surface area (Å²) in [6.07, 6.45) is 1.73. The van der Waals surface area contributed by atoms with Crippen LogP contribution in [0.5, 0.6) is 0 Å². The van der Waals surface area contributed by atoms with Gasteiger partial charge in [-0.3, -0.25) is 14.2 Å². The van der Waals surface area contributed by atoms with Crippen molar-refractivity contribution in [3.8, 4) is 0 Å². The van der Waals surface area contributed by atoms with Crippen LogP contribution in [-0.4, -0.2) is 16.4 Å². The molecule has 3 aromatic rings. The molecule has 0 spiro atoms. The van der Waals surface area contributed by atoms with Gasteiger partial charge in [-0.1, -0.05) is 30.3 Å². The van der Waals surface area contributed by atoms with E-state index in [0.29, 0.717) is 16.8 Å². The molecule has 0 aliphatic rings. The normalized spacial score (nSPS) is 10.5. The van der Waals surface area contributed by atoms with Gasteiger partial charge in [0.1, 0.15) is 0 Å². The van der Waals surface area contributed by atoms with E-state index in [0.717, 1.165) is 5.39 Å². The fourth-order valence-electron chi connectivity index (χ4n) is 2.37. The van der Waals surface area contributed by atoms with E-state index in [1.54, 1.807) is 29.0 Å².